The van der Waals surface area contributed by atoms with Crippen LogP contribution in [0.3, 0.4) is 0 Å². The largest absolute Gasteiger partial charge is 0.241 e. The first-order chi connectivity index (χ1) is 10.8. The lowest BCUT2D eigenvalue weighted by Crippen LogP contribution is -2.27. The van der Waals surface area contributed by atoms with Crippen molar-refractivity contribution in [2.45, 2.75) is 51.5 Å². The Morgan fingerprint density at radius 2 is 1.70 bits per heavy atom. The lowest BCUT2D eigenvalue weighted by Gasteiger charge is -2.16. The van der Waals surface area contributed by atoms with E-state index in [1.54, 1.807) is 6.07 Å². The minimum atomic E-state index is -3.53. The van der Waals surface area contributed by atoms with E-state index in [2.05, 4.69) is 23.8 Å². The standard InChI is InChI=1S/C19H25NO2S/c1-5-6-17-8-10-18(11-9-17)16(4)20-23(21,22)19-12-7-14(2)13-15(19)3/h7-13,16,20H,5-6H2,1-4H3. The molecule has 0 aliphatic heterocycles. The quantitative estimate of drug-likeness (QED) is 0.858. The molecule has 0 fully saturated rings. The highest BCUT2D eigenvalue weighted by Crippen LogP contribution is 2.21. The predicted molar refractivity (Wildman–Crippen MR) is 95.1 cm³/mol. The van der Waals surface area contributed by atoms with E-state index in [9.17, 15) is 8.42 Å². The molecule has 1 N–H and O–H groups in total. The van der Waals surface area contributed by atoms with Crippen molar-refractivity contribution in [3.8, 4) is 0 Å². The molecule has 0 aliphatic rings. The van der Waals surface area contributed by atoms with Gasteiger partial charge in [-0.2, -0.15) is 0 Å². The summed E-state index contributed by atoms with van der Waals surface area (Å²) in [4.78, 5) is 0.345. The maximum Gasteiger partial charge on any atom is 0.241 e. The fourth-order valence-corrected chi connectivity index (χ4v) is 4.19. The van der Waals surface area contributed by atoms with E-state index in [-0.39, 0.29) is 6.04 Å². The minimum Gasteiger partial charge on any atom is -0.207 e. The van der Waals surface area contributed by atoms with Crippen LogP contribution < -0.4 is 4.72 Å². The molecule has 1 unspecified atom stereocenters. The van der Waals surface area contributed by atoms with Crippen LogP contribution in [0.2, 0.25) is 0 Å². The van der Waals surface area contributed by atoms with E-state index in [4.69, 9.17) is 0 Å². The highest BCUT2D eigenvalue weighted by atomic mass is 32.2. The van der Waals surface area contributed by atoms with Crippen molar-refractivity contribution in [2.75, 3.05) is 0 Å². The van der Waals surface area contributed by atoms with Gasteiger partial charge in [0.25, 0.3) is 0 Å². The van der Waals surface area contributed by atoms with Gasteiger partial charge in [-0.1, -0.05) is 55.3 Å². The second-order valence-electron chi connectivity index (χ2n) is 6.10. The smallest absolute Gasteiger partial charge is 0.207 e. The molecule has 4 heteroatoms. The molecule has 0 heterocycles. The molecule has 3 nitrogen and oxygen atoms in total. The summed E-state index contributed by atoms with van der Waals surface area (Å²) in [5.41, 5.74) is 4.07. The second-order valence-corrected chi connectivity index (χ2v) is 7.79. The van der Waals surface area contributed by atoms with Crippen LogP contribution in [0.4, 0.5) is 0 Å². The molecular formula is C19H25NO2S. The molecule has 0 radical (unpaired) electrons. The summed E-state index contributed by atoms with van der Waals surface area (Å²) in [5, 5.41) is 0. The van der Waals surface area contributed by atoms with Crippen LogP contribution in [0.25, 0.3) is 0 Å². The highest BCUT2D eigenvalue weighted by Gasteiger charge is 2.20. The van der Waals surface area contributed by atoms with E-state index in [0.29, 0.717) is 4.90 Å². The SMILES string of the molecule is CCCc1ccc(C(C)NS(=O)(=O)c2ccc(C)cc2C)cc1. The van der Waals surface area contributed by atoms with Gasteiger partial charge in [-0.25, -0.2) is 13.1 Å². The summed E-state index contributed by atoms with van der Waals surface area (Å²) in [6, 6.07) is 13.3. The molecule has 2 aromatic carbocycles. The highest BCUT2D eigenvalue weighted by molar-refractivity contribution is 7.89. The third-order valence-corrected chi connectivity index (χ3v) is 5.67. The van der Waals surface area contributed by atoms with E-state index < -0.39 is 10.0 Å². The van der Waals surface area contributed by atoms with Crippen LogP contribution in [-0.2, 0) is 16.4 Å². The summed E-state index contributed by atoms with van der Waals surface area (Å²) in [5.74, 6) is 0. The third kappa shape index (κ3) is 4.43. The molecule has 1 atom stereocenters. The van der Waals surface area contributed by atoms with Gasteiger partial charge in [0, 0.05) is 6.04 Å². The first-order valence-corrected chi connectivity index (χ1v) is 9.50. The maximum absolute atomic E-state index is 12.6. The van der Waals surface area contributed by atoms with Crippen molar-refractivity contribution in [1.82, 2.24) is 4.72 Å². The van der Waals surface area contributed by atoms with Gasteiger partial charge < -0.3 is 0 Å². The van der Waals surface area contributed by atoms with E-state index in [0.717, 1.165) is 29.5 Å². The van der Waals surface area contributed by atoms with Crippen molar-refractivity contribution in [2.24, 2.45) is 0 Å². The average molecular weight is 331 g/mol. The Bertz CT molecular complexity index is 764. The van der Waals surface area contributed by atoms with Gasteiger partial charge in [0.05, 0.1) is 4.90 Å². The number of hydrogen-bond donors (Lipinski definition) is 1. The Labute approximate surface area is 139 Å². The zero-order valence-electron chi connectivity index (χ0n) is 14.3. The molecule has 0 aromatic heterocycles. The molecule has 2 aromatic rings. The monoisotopic (exact) mass is 331 g/mol. The van der Waals surface area contributed by atoms with Crippen LogP contribution in [-0.4, -0.2) is 8.42 Å². The first-order valence-electron chi connectivity index (χ1n) is 8.02. The van der Waals surface area contributed by atoms with Crippen molar-refractivity contribution in [1.29, 1.82) is 0 Å². The molecule has 0 aliphatic carbocycles. The molecular weight excluding hydrogens is 306 g/mol. The van der Waals surface area contributed by atoms with Crippen LogP contribution >= 0.6 is 0 Å². The number of benzene rings is 2. The fraction of sp³-hybridized carbons (Fsp3) is 0.368. The van der Waals surface area contributed by atoms with Gasteiger partial charge in [-0.15, -0.1) is 0 Å². The summed E-state index contributed by atoms with van der Waals surface area (Å²) in [6.07, 6.45) is 2.15. The van der Waals surface area contributed by atoms with Gasteiger partial charge in [0.2, 0.25) is 10.0 Å². The third-order valence-electron chi connectivity index (χ3n) is 3.97. The molecule has 0 saturated carbocycles. The number of sulfonamides is 1. The Morgan fingerprint density at radius 1 is 1.04 bits per heavy atom. The molecule has 0 spiro atoms. The second kappa shape index (κ2) is 7.28. The summed E-state index contributed by atoms with van der Waals surface area (Å²) in [6.45, 7) is 7.80. The van der Waals surface area contributed by atoms with Crippen LogP contribution in [0, 0.1) is 13.8 Å². The fourth-order valence-electron chi connectivity index (χ4n) is 2.73. The van der Waals surface area contributed by atoms with Crippen LogP contribution in [0.15, 0.2) is 47.4 Å². The Balaban J connectivity index is 2.19. The Hall–Kier alpha value is -1.65. The topological polar surface area (TPSA) is 46.2 Å². The minimum absolute atomic E-state index is 0.267. The molecule has 124 valence electrons. The Kier molecular flexibility index (Phi) is 5.60. The van der Waals surface area contributed by atoms with Gasteiger partial charge in [-0.3, -0.25) is 0 Å². The van der Waals surface area contributed by atoms with Gasteiger partial charge in [0.15, 0.2) is 0 Å². The van der Waals surface area contributed by atoms with Crippen molar-refractivity contribution < 1.29 is 8.42 Å². The molecule has 0 amide bonds. The van der Waals surface area contributed by atoms with Gasteiger partial charge >= 0.3 is 0 Å². The molecule has 0 saturated heterocycles. The van der Waals surface area contributed by atoms with Gasteiger partial charge in [0.1, 0.15) is 0 Å². The van der Waals surface area contributed by atoms with Crippen molar-refractivity contribution in [3.63, 3.8) is 0 Å². The molecule has 0 bridgehead atoms. The maximum atomic E-state index is 12.6. The normalized spacial score (nSPS) is 13.0. The molecule has 23 heavy (non-hydrogen) atoms. The number of rotatable bonds is 6. The summed E-state index contributed by atoms with van der Waals surface area (Å²) < 4.78 is 28.0. The zero-order chi connectivity index (χ0) is 17.0. The zero-order valence-corrected chi connectivity index (χ0v) is 15.1. The van der Waals surface area contributed by atoms with E-state index in [1.165, 1.54) is 5.56 Å². The van der Waals surface area contributed by atoms with Crippen LogP contribution in [0.5, 0.6) is 0 Å². The number of nitrogens with one attached hydrogen (secondary N) is 1. The summed E-state index contributed by atoms with van der Waals surface area (Å²) in [7, 11) is -3.53. The van der Waals surface area contributed by atoms with Crippen LogP contribution in [0.1, 0.15) is 48.6 Å². The predicted octanol–water partition coefficient (Wildman–Crippen LogP) is 4.30. The van der Waals surface area contributed by atoms with Crippen molar-refractivity contribution >= 4 is 10.0 Å². The lowest BCUT2D eigenvalue weighted by molar-refractivity contribution is 0.566. The van der Waals surface area contributed by atoms with E-state index >= 15 is 0 Å². The average Bonchev–Trinajstić information content (AvgIpc) is 2.47. The first kappa shape index (κ1) is 17.7. The van der Waals surface area contributed by atoms with Gasteiger partial charge in [-0.05, 0) is 49.9 Å². The number of hydrogen-bond acceptors (Lipinski definition) is 2. The Morgan fingerprint density at radius 3 is 2.26 bits per heavy atom. The van der Waals surface area contributed by atoms with Crippen molar-refractivity contribution in [3.05, 3.63) is 64.7 Å². The molecule has 2 rings (SSSR count). The summed E-state index contributed by atoms with van der Waals surface area (Å²) >= 11 is 0. The number of aryl methyl sites for hydroxylation is 3. The van der Waals surface area contributed by atoms with E-state index in [1.807, 2.05) is 45.0 Å². The lowest BCUT2D eigenvalue weighted by atomic mass is 10.0.